The smallest absolute Gasteiger partial charge is 0.0295 e. The fourth-order valence-electron chi connectivity index (χ4n) is 3.44. The fourth-order valence-corrected chi connectivity index (χ4v) is 3.44. The van der Waals surface area contributed by atoms with Gasteiger partial charge in [0.25, 0.3) is 0 Å². The maximum atomic E-state index is 4.10. The van der Waals surface area contributed by atoms with Crippen molar-refractivity contribution in [2.24, 2.45) is 11.3 Å². The van der Waals surface area contributed by atoms with Crippen LogP contribution in [0.5, 0.6) is 0 Å². The molecular weight excluding hydrogens is 232 g/mol. The summed E-state index contributed by atoms with van der Waals surface area (Å²) in [6, 6.07) is 5.30. The molecule has 0 aromatic carbocycles. The van der Waals surface area contributed by atoms with Crippen molar-refractivity contribution >= 4 is 0 Å². The van der Waals surface area contributed by atoms with Crippen LogP contribution in [0.15, 0.2) is 24.5 Å². The number of hydrogen-bond donors (Lipinski definition) is 1. The Morgan fingerprint density at radius 2 is 1.79 bits per heavy atom. The van der Waals surface area contributed by atoms with Gasteiger partial charge in [0, 0.05) is 24.5 Å². The van der Waals surface area contributed by atoms with Crippen LogP contribution in [0.3, 0.4) is 0 Å². The first-order valence-corrected chi connectivity index (χ1v) is 7.64. The number of hydrogen-bond acceptors (Lipinski definition) is 2. The van der Waals surface area contributed by atoms with Crippen molar-refractivity contribution in [3.05, 3.63) is 30.1 Å². The SMILES string of the molecule is C[C@@H](NC1CCCCC1C(C)(C)C)c1ccncc1. The molecule has 19 heavy (non-hydrogen) atoms. The van der Waals surface area contributed by atoms with Gasteiger partial charge in [-0.2, -0.15) is 0 Å². The summed E-state index contributed by atoms with van der Waals surface area (Å²) in [5.41, 5.74) is 1.74. The minimum Gasteiger partial charge on any atom is -0.307 e. The first-order chi connectivity index (χ1) is 8.98. The summed E-state index contributed by atoms with van der Waals surface area (Å²) in [6.07, 6.45) is 9.21. The normalized spacial score (nSPS) is 26.1. The highest BCUT2D eigenvalue weighted by molar-refractivity contribution is 5.14. The van der Waals surface area contributed by atoms with Crippen LogP contribution >= 0.6 is 0 Å². The third kappa shape index (κ3) is 3.79. The number of aromatic nitrogens is 1. The van der Waals surface area contributed by atoms with Crippen LogP contribution in [0.1, 0.15) is 65.0 Å². The molecule has 1 fully saturated rings. The predicted octanol–water partition coefficient (Wildman–Crippen LogP) is 4.34. The van der Waals surface area contributed by atoms with Gasteiger partial charge in [-0.3, -0.25) is 4.98 Å². The molecule has 2 heteroatoms. The van der Waals surface area contributed by atoms with E-state index < -0.39 is 0 Å². The molecule has 0 saturated heterocycles. The lowest BCUT2D eigenvalue weighted by atomic mass is 9.69. The molecule has 1 aliphatic carbocycles. The first kappa shape index (κ1) is 14.5. The van der Waals surface area contributed by atoms with Crippen molar-refractivity contribution in [3.63, 3.8) is 0 Å². The molecule has 1 saturated carbocycles. The maximum Gasteiger partial charge on any atom is 0.0295 e. The van der Waals surface area contributed by atoms with Crippen molar-refractivity contribution in [3.8, 4) is 0 Å². The molecule has 1 aromatic heterocycles. The average molecular weight is 260 g/mol. The van der Waals surface area contributed by atoms with E-state index in [1.54, 1.807) is 0 Å². The second-order valence-corrected chi connectivity index (χ2v) is 7.03. The molecule has 0 amide bonds. The van der Waals surface area contributed by atoms with Gasteiger partial charge in [0.2, 0.25) is 0 Å². The largest absolute Gasteiger partial charge is 0.307 e. The fraction of sp³-hybridized carbons (Fsp3) is 0.706. The minimum atomic E-state index is 0.399. The van der Waals surface area contributed by atoms with Gasteiger partial charge in [0.05, 0.1) is 0 Å². The van der Waals surface area contributed by atoms with E-state index in [-0.39, 0.29) is 0 Å². The van der Waals surface area contributed by atoms with E-state index in [0.29, 0.717) is 17.5 Å². The first-order valence-electron chi connectivity index (χ1n) is 7.64. The van der Waals surface area contributed by atoms with Crippen LogP contribution in [0.2, 0.25) is 0 Å². The van der Waals surface area contributed by atoms with Gasteiger partial charge >= 0.3 is 0 Å². The quantitative estimate of drug-likeness (QED) is 0.874. The van der Waals surface area contributed by atoms with E-state index >= 15 is 0 Å². The van der Waals surface area contributed by atoms with E-state index in [4.69, 9.17) is 0 Å². The Hall–Kier alpha value is -0.890. The summed E-state index contributed by atoms with van der Waals surface area (Å²) in [4.78, 5) is 4.10. The Morgan fingerprint density at radius 1 is 1.16 bits per heavy atom. The number of nitrogens with one attached hydrogen (secondary N) is 1. The van der Waals surface area contributed by atoms with Gasteiger partial charge in [0.15, 0.2) is 0 Å². The van der Waals surface area contributed by atoms with E-state index in [1.165, 1.54) is 31.2 Å². The van der Waals surface area contributed by atoms with Gasteiger partial charge in [-0.1, -0.05) is 33.6 Å². The molecule has 1 N–H and O–H groups in total. The summed E-state index contributed by atoms with van der Waals surface area (Å²) >= 11 is 0. The van der Waals surface area contributed by atoms with Gasteiger partial charge in [-0.05, 0) is 48.8 Å². The van der Waals surface area contributed by atoms with Crippen molar-refractivity contribution in [1.82, 2.24) is 10.3 Å². The third-order valence-electron chi connectivity index (χ3n) is 4.55. The Bertz CT molecular complexity index is 380. The van der Waals surface area contributed by atoms with Gasteiger partial charge in [-0.25, -0.2) is 0 Å². The van der Waals surface area contributed by atoms with E-state index in [9.17, 15) is 0 Å². The lowest BCUT2D eigenvalue weighted by Crippen LogP contribution is -2.45. The average Bonchev–Trinajstić information content (AvgIpc) is 2.39. The minimum absolute atomic E-state index is 0.399. The summed E-state index contributed by atoms with van der Waals surface area (Å²) in [7, 11) is 0. The molecule has 0 radical (unpaired) electrons. The topological polar surface area (TPSA) is 24.9 Å². The molecule has 1 heterocycles. The van der Waals surface area contributed by atoms with Crippen LogP contribution in [0.4, 0.5) is 0 Å². The lowest BCUT2D eigenvalue weighted by Gasteiger charge is -2.42. The highest BCUT2D eigenvalue weighted by Gasteiger charge is 2.34. The molecule has 2 unspecified atom stereocenters. The van der Waals surface area contributed by atoms with Crippen LogP contribution in [-0.2, 0) is 0 Å². The van der Waals surface area contributed by atoms with Crippen LogP contribution in [-0.4, -0.2) is 11.0 Å². The summed E-state index contributed by atoms with van der Waals surface area (Å²) < 4.78 is 0. The molecule has 2 rings (SSSR count). The molecule has 0 bridgehead atoms. The number of nitrogens with zero attached hydrogens (tertiary/aromatic N) is 1. The van der Waals surface area contributed by atoms with Crippen molar-refractivity contribution in [2.75, 3.05) is 0 Å². The van der Waals surface area contributed by atoms with E-state index in [2.05, 4.69) is 50.1 Å². The number of pyridine rings is 1. The van der Waals surface area contributed by atoms with Gasteiger partial charge < -0.3 is 5.32 Å². The predicted molar refractivity (Wildman–Crippen MR) is 81.0 cm³/mol. The molecule has 0 spiro atoms. The van der Waals surface area contributed by atoms with E-state index in [0.717, 1.165) is 5.92 Å². The van der Waals surface area contributed by atoms with Gasteiger partial charge in [0.1, 0.15) is 0 Å². The molecule has 1 aliphatic rings. The van der Waals surface area contributed by atoms with Crippen molar-refractivity contribution < 1.29 is 0 Å². The zero-order chi connectivity index (χ0) is 13.9. The lowest BCUT2D eigenvalue weighted by molar-refractivity contribution is 0.124. The highest BCUT2D eigenvalue weighted by atomic mass is 15.0. The van der Waals surface area contributed by atoms with Crippen LogP contribution in [0.25, 0.3) is 0 Å². The monoisotopic (exact) mass is 260 g/mol. The van der Waals surface area contributed by atoms with Crippen molar-refractivity contribution in [2.45, 2.75) is 65.5 Å². The van der Waals surface area contributed by atoms with Crippen LogP contribution in [0, 0.1) is 11.3 Å². The van der Waals surface area contributed by atoms with Crippen molar-refractivity contribution in [1.29, 1.82) is 0 Å². The number of rotatable bonds is 3. The zero-order valence-electron chi connectivity index (χ0n) is 12.8. The van der Waals surface area contributed by atoms with Crippen LogP contribution < -0.4 is 5.32 Å². The third-order valence-corrected chi connectivity index (χ3v) is 4.55. The second kappa shape index (κ2) is 6.04. The zero-order valence-corrected chi connectivity index (χ0v) is 12.8. The second-order valence-electron chi connectivity index (χ2n) is 7.03. The molecule has 3 atom stereocenters. The van der Waals surface area contributed by atoms with Gasteiger partial charge in [-0.15, -0.1) is 0 Å². The summed E-state index contributed by atoms with van der Waals surface area (Å²) in [5, 5.41) is 3.86. The summed E-state index contributed by atoms with van der Waals surface area (Å²) in [6.45, 7) is 9.42. The molecule has 0 aliphatic heterocycles. The summed E-state index contributed by atoms with van der Waals surface area (Å²) in [5.74, 6) is 0.783. The molecule has 106 valence electrons. The molecule has 1 aromatic rings. The standard InChI is InChI=1S/C17H28N2/c1-13(14-9-11-18-12-10-14)19-16-8-6-5-7-15(16)17(2,3)4/h9-13,15-16,19H,5-8H2,1-4H3/t13-,15?,16?/m1/s1. The molecular formula is C17H28N2. The Balaban J connectivity index is 2.04. The Kier molecular flexibility index (Phi) is 4.62. The van der Waals surface area contributed by atoms with E-state index in [1.807, 2.05) is 12.4 Å². The maximum absolute atomic E-state index is 4.10. The highest BCUT2D eigenvalue weighted by Crippen LogP contribution is 2.38. The Morgan fingerprint density at radius 3 is 2.42 bits per heavy atom. The molecule has 2 nitrogen and oxygen atoms in total. The Labute approximate surface area is 118 Å².